The van der Waals surface area contributed by atoms with E-state index in [1.54, 1.807) is 0 Å². The van der Waals surface area contributed by atoms with Crippen molar-refractivity contribution in [1.82, 2.24) is 15.2 Å². The molecule has 0 aliphatic carbocycles. The lowest BCUT2D eigenvalue weighted by Crippen LogP contribution is -2.45. The van der Waals surface area contributed by atoms with E-state index in [-0.39, 0.29) is 0 Å². The summed E-state index contributed by atoms with van der Waals surface area (Å²) >= 11 is 0. The molecule has 3 heteroatoms. The Labute approximate surface area is 117 Å². The molecule has 1 aliphatic rings. The van der Waals surface area contributed by atoms with Crippen LogP contribution in [0.1, 0.15) is 44.5 Å². The van der Waals surface area contributed by atoms with Gasteiger partial charge in [-0.15, -0.1) is 0 Å². The van der Waals surface area contributed by atoms with E-state index in [0.29, 0.717) is 12.1 Å². The first-order valence-electron chi connectivity index (χ1n) is 7.55. The Morgan fingerprint density at radius 1 is 1.37 bits per heavy atom. The molecule has 1 saturated heterocycles. The van der Waals surface area contributed by atoms with Crippen molar-refractivity contribution >= 4 is 0 Å². The molecule has 106 valence electrons. The van der Waals surface area contributed by atoms with E-state index in [1.165, 1.54) is 31.5 Å². The highest BCUT2D eigenvalue weighted by atomic mass is 15.2. The van der Waals surface area contributed by atoms with Gasteiger partial charge in [-0.05, 0) is 52.3 Å². The third-order valence-corrected chi connectivity index (χ3v) is 3.91. The van der Waals surface area contributed by atoms with Gasteiger partial charge in [-0.3, -0.25) is 9.88 Å². The van der Waals surface area contributed by atoms with Gasteiger partial charge in [-0.1, -0.05) is 12.5 Å². The predicted molar refractivity (Wildman–Crippen MR) is 80.2 cm³/mol. The summed E-state index contributed by atoms with van der Waals surface area (Å²) in [5.41, 5.74) is 2.29. The van der Waals surface area contributed by atoms with E-state index in [2.05, 4.69) is 54.2 Å². The molecule has 0 radical (unpaired) electrons. The van der Waals surface area contributed by atoms with E-state index in [0.717, 1.165) is 18.8 Å². The summed E-state index contributed by atoms with van der Waals surface area (Å²) in [6.45, 7) is 9.88. The second kappa shape index (κ2) is 7.01. The van der Waals surface area contributed by atoms with Crippen molar-refractivity contribution in [2.45, 2.75) is 58.7 Å². The van der Waals surface area contributed by atoms with E-state index in [1.807, 2.05) is 0 Å². The van der Waals surface area contributed by atoms with Crippen molar-refractivity contribution in [1.29, 1.82) is 0 Å². The number of nitrogens with one attached hydrogen (secondary N) is 1. The number of nitrogens with zero attached hydrogens (tertiary/aromatic N) is 2. The third-order valence-electron chi connectivity index (χ3n) is 3.91. The fourth-order valence-corrected chi connectivity index (χ4v) is 2.72. The van der Waals surface area contributed by atoms with Crippen LogP contribution in [0, 0.1) is 6.92 Å². The number of pyridine rings is 1. The van der Waals surface area contributed by atoms with Gasteiger partial charge in [0.15, 0.2) is 0 Å². The van der Waals surface area contributed by atoms with Gasteiger partial charge in [0, 0.05) is 30.9 Å². The zero-order valence-electron chi connectivity index (χ0n) is 12.5. The monoisotopic (exact) mass is 261 g/mol. The summed E-state index contributed by atoms with van der Waals surface area (Å²) in [5, 5.41) is 3.64. The normalized spacial score (nSPS) is 20.2. The lowest BCUT2D eigenvalue weighted by molar-refractivity contribution is 0.175. The average molecular weight is 261 g/mol. The van der Waals surface area contributed by atoms with Crippen molar-refractivity contribution in [3.8, 4) is 0 Å². The Morgan fingerprint density at radius 3 is 2.84 bits per heavy atom. The van der Waals surface area contributed by atoms with Crippen LogP contribution in [0.2, 0.25) is 0 Å². The van der Waals surface area contributed by atoms with Gasteiger partial charge in [0.25, 0.3) is 0 Å². The zero-order valence-corrected chi connectivity index (χ0v) is 12.5. The zero-order chi connectivity index (χ0) is 13.7. The van der Waals surface area contributed by atoms with E-state index >= 15 is 0 Å². The fourth-order valence-electron chi connectivity index (χ4n) is 2.72. The van der Waals surface area contributed by atoms with Gasteiger partial charge in [-0.25, -0.2) is 0 Å². The summed E-state index contributed by atoms with van der Waals surface area (Å²) in [6, 6.07) is 7.52. The second-order valence-electron chi connectivity index (χ2n) is 5.94. The van der Waals surface area contributed by atoms with Gasteiger partial charge in [0.05, 0.1) is 5.69 Å². The lowest BCUT2D eigenvalue weighted by atomic mass is 10.0. The van der Waals surface area contributed by atoms with Gasteiger partial charge in [0.1, 0.15) is 0 Å². The van der Waals surface area contributed by atoms with Crippen LogP contribution in [0.25, 0.3) is 0 Å². The van der Waals surface area contributed by atoms with Crippen LogP contribution in [-0.4, -0.2) is 35.1 Å². The van der Waals surface area contributed by atoms with Crippen LogP contribution in [0.4, 0.5) is 0 Å². The molecule has 3 nitrogen and oxygen atoms in total. The molecule has 1 N–H and O–H groups in total. The molecule has 1 aromatic rings. The minimum atomic E-state index is 0.561. The Morgan fingerprint density at radius 2 is 2.21 bits per heavy atom. The van der Waals surface area contributed by atoms with Crippen molar-refractivity contribution in [3.05, 3.63) is 29.6 Å². The van der Waals surface area contributed by atoms with Crippen LogP contribution < -0.4 is 5.32 Å². The van der Waals surface area contributed by atoms with Crippen molar-refractivity contribution < 1.29 is 0 Å². The molecule has 1 unspecified atom stereocenters. The van der Waals surface area contributed by atoms with Crippen molar-refractivity contribution in [2.75, 3.05) is 13.1 Å². The lowest BCUT2D eigenvalue weighted by Gasteiger charge is -2.33. The highest BCUT2D eigenvalue weighted by Crippen LogP contribution is 2.13. The molecule has 2 heterocycles. The molecule has 19 heavy (non-hydrogen) atoms. The molecule has 0 spiro atoms. The molecule has 0 amide bonds. The third kappa shape index (κ3) is 4.59. The van der Waals surface area contributed by atoms with E-state index in [4.69, 9.17) is 0 Å². The van der Waals surface area contributed by atoms with Gasteiger partial charge in [-0.2, -0.15) is 0 Å². The minimum Gasteiger partial charge on any atom is -0.313 e. The number of aromatic nitrogens is 1. The smallest absolute Gasteiger partial charge is 0.0547 e. The first-order chi connectivity index (χ1) is 9.15. The Bertz CT molecular complexity index is 383. The quantitative estimate of drug-likeness (QED) is 0.883. The van der Waals surface area contributed by atoms with Gasteiger partial charge >= 0.3 is 0 Å². The maximum absolute atomic E-state index is 4.63. The number of hydrogen-bond donors (Lipinski definition) is 1. The minimum absolute atomic E-state index is 0.561. The maximum atomic E-state index is 4.63. The number of rotatable bonds is 5. The topological polar surface area (TPSA) is 28.2 Å². The van der Waals surface area contributed by atoms with Crippen LogP contribution >= 0.6 is 0 Å². The highest BCUT2D eigenvalue weighted by Gasteiger charge is 2.19. The Balaban J connectivity index is 1.95. The van der Waals surface area contributed by atoms with Crippen molar-refractivity contribution in [2.24, 2.45) is 0 Å². The van der Waals surface area contributed by atoms with Crippen LogP contribution in [-0.2, 0) is 6.54 Å². The van der Waals surface area contributed by atoms with Gasteiger partial charge in [0.2, 0.25) is 0 Å². The molecule has 1 atom stereocenters. The standard InChI is InChI=1S/C16H27N3/c1-13(2)19(11-15-8-4-5-10-17-15)12-16-9-6-7-14(3)18-16/h6-7,9,13,15,17H,4-5,8,10-12H2,1-3H3. The molecule has 0 saturated carbocycles. The molecular weight excluding hydrogens is 234 g/mol. The van der Waals surface area contributed by atoms with Crippen LogP contribution in [0.15, 0.2) is 18.2 Å². The number of aryl methyl sites for hydroxylation is 1. The molecule has 0 aromatic carbocycles. The molecule has 1 aliphatic heterocycles. The molecule has 0 bridgehead atoms. The SMILES string of the molecule is Cc1cccc(CN(CC2CCCCN2)C(C)C)n1. The summed E-state index contributed by atoms with van der Waals surface area (Å²) in [5.74, 6) is 0. The summed E-state index contributed by atoms with van der Waals surface area (Å²) in [7, 11) is 0. The van der Waals surface area contributed by atoms with Crippen molar-refractivity contribution in [3.63, 3.8) is 0 Å². The fraction of sp³-hybridized carbons (Fsp3) is 0.688. The molecule has 1 fully saturated rings. The van der Waals surface area contributed by atoms with E-state index < -0.39 is 0 Å². The van der Waals surface area contributed by atoms with Gasteiger partial charge < -0.3 is 5.32 Å². The summed E-state index contributed by atoms with van der Waals surface area (Å²) in [4.78, 5) is 7.16. The summed E-state index contributed by atoms with van der Waals surface area (Å²) < 4.78 is 0. The highest BCUT2D eigenvalue weighted by molar-refractivity contribution is 5.10. The van der Waals surface area contributed by atoms with Crippen LogP contribution in [0.5, 0.6) is 0 Å². The summed E-state index contributed by atoms with van der Waals surface area (Å²) in [6.07, 6.45) is 4.01. The van der Waals surface area contributed by atoms with Crippen LogP contribution in [0.3, 0.4) is 0 Å². The Hall–Kier alpha value is -0.930. The predicted octanol–water partition coefficient (Wildman–Crippen LogP) is 2.74. The molecule has 1 aromatic heterocycles. The van der Waals surface area contributed by atoms with E-state index in [9.17, 15) is 0 Å². The Kier molecular flexibility index (Phi) is 5.34. The maximum Gasteiger partial charge on any atom is 0.0547 e. The average Bonchev–Trinajstić information content (AvgIpc) is 2.39. The molecule has 2 rings (SSSR count). The number of hydrogen-bond acceptors (Lipinski definition) is 3. The largest absolute Gasteiger partial charge is 0.313 e. The molecular formula is C16H27N3. The number of piperidine rings is 1. The first kappa shape index (κ1) is 14.5. The second-order valence-corrected chi connectivity index (χ2v) is 5.94. The first-order valence-corrected chi connectivity index (χ1v) is 7.55.